The van der Waals surface area contributed by atoms with Crippen LogP contribution in [0.5, 0.6) is 0 Å². The quantitative estimate of drug-likeness (QED) is 0.487. The molecular formula is C19H23NO3. The number of hydrogen-bond acceptors (Lipinski definition) is 4. The Bertz CT molecular complexity index is 634. The summed E-state index contributed by atoms with van der Waals surface area (Å²) < 4.78 is 0. The minimum Gasteiger partial charge on any atom is -0.378 e. The van der Waals surface area contributed by atoms with E-state index in [1.807, 2.05) is 45.0 Å². The normalized spacial score (nSPS) is 19.8. The van der Waals surface area contributed by atoms with Gasteiger partial charge in [-0.05, 0) is 29.2 Å². The number of hydrogen-bond donors (Lipinski definition) is 0. The average Bonchev–Trinajstić information content (AvgIpc) is 2.46. The minimum absolute atomic E-state index is 0.144. The number of allylic oxidation sites excluding steroid dienone is 2. The van der Waals surface area contributed by atoms with Crippen molar-refractivity contribution in [2.75, 3.05) is 19.0 Å². The monoisotopic (exact) mass is 313 g/mol. The lowest BCUT2D eigenvalue weighted by atomic mass is 9.60. The van der Waals surface area contributed by atoms with Crippen molar-refractivity contribution in [1.82, 2.24) is 0 Å². The lowest BCUT2D eigenvalue weighted by Gasteiger charge is -2.39. The maximum absolute atomic E-state index is 12.9. The molecule has 0 amide bonds. The topological polar surface area (TPSA) is 54.5 Å². The van der Waals surface area contributed by atoms with Crippen molar-refractivity contribution in [2.45, 2.75) is 32.1 Å². The molecule has 1 aromatic carbocycles. The molecule has 1 aliphatic rings. The maximum Gasteiger partial charge on any atom is 0.155 e. The number of carbonyl (C=O) groups is 3. The van der Waals surface area contributed by atoms with Crippen molar-refractivity contribution in [3.05, 3.63) is 42.0 Å². The van der Waals surface area contributed by atoms with E-state index in [4.69, 9.17) is 0 Å². The van der Waals surface area contributed by atoms with Crippen molar-refractivity contribution < 1.29 is 14.4 Å². The molecule has 0 heterocycles. The second kappa shape index (κ2) is 6.11. The number of nitrogens with zero attached hydrogens (tertiary/aromatic N) is 1. The maximum atomic E-state index is 12.9. The Morgan fingerprint density at radius 3 is 1.96 bits per heavy atom. The van der Waals surface area contributed by atoms with Crippen LogP contribution in [0.1, 0.15) is 32.3 Å². The third kappa shape index (κ3) is 3.11. The lowest BCUT2D eigenvalue weighted by molar-refractivity contribution is -0.139. The van der Waals surface area contributed by atoms with Gasteiger partial charge in [-0.3, -0.25) is 14.4 Å². The molecule has 1 saturated carbocycles. The Morgan fingerprint density at radius 2 is 1.52 bits per heavy atom. The Balaban J connectivity index is 2.56. The number of Topliss-reactive ketones (excluding diaryl/α,β-unsaturated/α-hetero) is 2. The number of benzene rings is 1. The first kappa shape index (κ1) is 17.1. The molecule has 1 aromatic rings. The molecule has 1 aliphatic carbocycles. The van der Waals surface area contributed by atoms with Crippen LogP contribution in [-0.4, -0.2) is 31.9 Å². The number of anilines is 1. The lowest BCUT2D eigenvalue weighted by Crippen LogP contribution is -2.49. The summed E-state index contributed by atoms with van der Waals surface area (Å²) in [6.45, 7) is 3.84. The molecule has 0 atom stereocenters. The van der Waals surface area contributed by atoms with Crippen LogP contribution in [0.15, 0.2) is 36.4 Å². The van der Waals surface area contributed by atoms with Gasteiger partial charge in [0.2, 0.25) is 0 Å². The highest BCUT2D eigenvalue weighted by atomic mass is 16.2. The van der Waals surface area contributed by atoms with Crippen LogP contribution in [0, 0.1) is 5.41 Å². The summed E-state index contributed by atoms with van der Waals surface area (Å²) in [5.41, 5.74) is -0.0524. The highest BCUT2D eigenvalue weighted by molar-refractivity contribution is 6.17. The SMILES string of the molecule is CN(C)c1ccc(C2(/C=C/C=O)C(=O)CC(C)(C)CC2=O)cc1. The fourth-order valence-electron chi connectivity index (χ4n) is 3.18. The minimum atomic E-state index is -1.33. The highest BCUT2D eigenvalue weighted by Gasteiger charge is 2.51. The van der Waals surface area contributed by atoms with Crippen LogP contribution in [0.2, 0.25) is 0 Å². The average molecular weight is 313 g/mol. The fourth-order valence-corrected chi connectivity index (χ4v) is 3.18. The molecule has 0 N–H and O–H groups in total. The first-order valence-corrected chi connectivity index (χ1v) is 7.70. The molecule has 0 radical (unpaired) electrons. The zero-order valence-electron chi connectivity index (χ0n) is 14.1. The van der Waals surface area contributed by atoms with Crippen LogP contribution in [0.3, 0.4) is 0 Å². The Morgan fingerprint density at radius 1 is 1.00 bits per heavy atom. The standard InChI is InChI=1S/C19H23NO3/c1-18(2)12-16(22)19(10-5-11-21,17(23)13-18)14-6-8-15(9-7-14)20(3)4/h5-11H,12-13H2,1-4H3/b10-5+. The van der Waals surface area contributed by atoms with Crippen molar-refractivity contribution >= 4 is 23.5 Å². The van der Waals surface area contributed by atoms with Gasteiger partial charge in [-0.15, -0.1) is 0 Å². The van der Waals surface area contributed by atoms with Crippen LogP contribution < -0.4 is 4.90 Å². The molecule has 0 bridgehead atoms. The van der Waals surface area contributed by atoms with Gasteiger partial charge >= 0.3 is 0 Å². The van der Waals surface area contributed by atoms with Crippen LogP contribution in [0.25, 0.3) is 0 Å². The molecule has 0 spiro atoms. The molecule has 1 fully saturated rings. The summed E-state index contributed by atoms with van der Waals surface area (Å²) in [5, 5.41) is 0. The van der Waals surface area contributed by atoms with Gasteiger partial charge in [0, 0.05) is 32.6 Å². The first-order chi connectivity index (χ1) is 10.7. The Hall–Kier alpha value is -2.23. The zero-order valence-corrected chi connectivity index (χ0v) is 14.1. The highest BCUT2D eigenvalue weighted by Crippen LogP contribution is 2.43. The number of rotatable bonds is 4. The van der Waals surface area contributed by atoms with Gasteiger partial charge in [-0.1, -0.05) is 32.1 Å². The summed E-state index contributed by atoms with van der Waals surface area (Å²) in [6, 6.07) is 7.37. The van der Waals surface area contributed by atoms with Crippen LogP contribution in [0.4, 0.5) is 5.69 Å². The van der Waals surface area contributed by atoms with Gasteiger partial charge in [0.1, 0.15) is 11.7 Å². The molecule has 122 valence electrons. The molecule has 0 aromatic heterocycles. The molecule has 2 rings (SSSR count). The molecular weight excluding hydrogens is 290 g/mol. The van der Waals surface area contributed by atoms with E-state index in [1.165, 1.54) is 12.2 Å². The Kier molecular flexibility index (Phi) is 4.55. The summed E-state index contributed by atoms with van der Waals surface area (Å²) in [6.07, 6.45) is 3.96. The second-order valence-corrected chi connectivity index (χ2v) is 7.11. The molecule has 0 aliphatic heterocycles. The van der Waals surface area contributed by atoms with Crippen molar-refractivity contribution in [3.8, 4) is 0 Å². The number of aldehydes is 1. The smallest absolute Gasteiger partial charge is 0.155 e. The molecule has 0 saturated heterocycles. The molecule has 0 unspecified atom stereocenters. The van der Waals surface area contributed by atoms with Gasteiger partial charge in [0.05, 0.1) is 0 Å². The van der Waals surface area contributed by atoms with Crippen molar-refractivity contribution in [3.63, 3.8) is 0 Å². The summed E-state index contributed by atoms with van der Waals surface area (Å²) >= 11 is 0. The molecule has 4 heteroatoms. The zero-order chi connectivity index (χ0) is 17.3. The van der Waals surface area contributed by atoms with Gasteiger partial charge in [-0.2, -0.15) is 0 Å². The van der Waals surface area contributed by atoms with Crippen LogP contribution >= 0.6 is 0 Å². The summed E-state index contributed by atoms with van der Waals surface area (Å²) in [5.74, 6) is -0.288. The Labute approximate surface area is 137 Å². The van der Waals surface area contributed by atoms with E-state index in [0.717, 1.165) is 5.69 Å². The van der Waals surface area contributed by atoms with E-state index in [0.29, 0.717) is 24.7 Å². The van der Waals surface area contributed by atoms with E-state index < -0.39 is 5.41 Å². The summed E-state index contributed by atoms with van der Waals surface area (Å²) in [4.78, 5) is 38.5. The van der Waals surface area contributed by atoms with Gasteiger partial charge in [-0.25, -0.2) is 0 Å². The van der Waals surface area contributed by atoms with Gasteiger partial charge in [0.15, 0.2) is 11.6 Å². The number of ketones is 2. The van der Waals surface area contributed by atoms with E-state index in [9.17, 15) is 14.4 Å². The molecule has 4 nitrogen and oxygen atoms in total. The van der Waals surface area contributed by atoms with E-state index >= 15 is 0 Å². The van der Waals surface area contributed by atoms with Gasteiger partial charge in [0.25, 0.3) is 0 Å². The van der Waals surface area contributed by atoms with E-state index in [1.54, 1.807) is 12.1 Å². The van der Waals surface area contributed by atoms with Crippen molar-refractivity contribution in [1.29, 1.82) is 0 Å². The fraction of sp³-hybridized carbons (Fsp3) is 0.421. The molecule has 23 heavy (non-hydrogen) atoms. The second-order valence-electron chi connectivity index (χ2n) is 7.11. The summed E-state index contributed by atoms with van der Waals surface area (Å²) in [7, 11) is 3.85. The third-order valence-electron chi connectivity index (χ3n) is 4.42. The largest absolute Gasteiger partial charge is 0.378 e. The number of carbonyl (C=O) groups excluding carboxylic acids is 3. The van der Waals surface area contributed by atoms with Crippen LogP contribution in [-0.2, 0) is 19.8 Å². The predicted molar refractivity (Wildman–Crippen MR) is 90.7 cm³/mol. The first-order valence-electron chi connectivity index (χ1n) is 7.70. The van der Waals surface area contributed by atoms with Crippen molar-refractivity contribution in [2.24, 2.45) is 5.41 Å². The third-order valence-corrected chi connectivity index (χ3v) is 4.42. The van der Waals surface area contributed by atoms with Gasteiger partial charge < -0.3 is 4.90 Å². The van der Waals surface area contributed by atoms with E-state index in [-0.39, 0.29) is 17.0 Å². The predicted octanol–water partition coefficient (Wildman–Crippen LogP) is 2.70. The van der Waals surface area contributed by atoms with E-state index in [2.05, 4.69) is 0 Å².